The molecular weight excluding hydrogens is 372 g/mol. The van der Waals surface area contributed by atoms with E-state index in [0.717, 1.165) is 11.8 Å². The summed E-state index contributed by atoms with van der Waals surface area (Å²) in [5, 5.41) is 5.39. The van der Waals surface area contributed by atoms with Crippen LogP contribution in [-0.2, 0) is 25.7 Å². The summed E-state index contributed by atoms with van der Waals surface area (Å²) in [5.41, 5.74) is 0.852. The van der Waals surface area contributed by atoms with Crippen LogP contribution in [0.3, 0.4) is 0 Å². The Morgan fingerprint density at radius 2 is 2.00 bits per heavy atom. The van der Waals surface area contributed by atoms with E-state index in [2.05, 4.69) is 10.6 Å². The van der Waals surface area contributed by atoms with Gasteiger partial charge in [0, 0.05) is 24.8 Å². The second kappa shape index (κ2) is 11.3. The van der Waals surface area contributed by atoms with Gasteiger partial charge in [-0.1, -0.05) is 44.2 Å². The molecule has 3 atom stereocenters. The van der Waals surface area contributed by atoms with Gasteiger partial charge in [-0.15, -0.1) is 0 Å². The highest BCUT2D eigenvalue weighted by Gasteiger charge is 2.30. The van der Waals surface area contributed by atoms with Crippen molar-refractivity contribution in [2.45, 2.75) is 52.2 Å². The smallest absolute Gasteiger partial charge is 0.408 e. The van der Waals surface area contributed by atoms with Crippen molar-refractivity contribution in [2.24, 2.45) is 17.8 Å². The van der Waals surface area contributed by atoms with Gasteiger partial charge in [0.25, 0.3) is 0 Å². The van der Waals surface area contributed by atoms with Crippen LogP contribution < -0.4 is 10.6 Å². The quantitative estimate of drug-likeness (QED) is 0.554. The van der Waals surface area contributed by atoms with E-state index in [4.69, 9.17) is 4.74 Å². The molecule has 7 nitrogen and oxygen atoms in total. The number of hydrogen-bond acceptors (Lipinski definition) is 5. The number of aldehydes is 1. The summed E-state index contributed by atoms with van der Waals surface area (Å²) in [6.45, 7) is 4.63. The van der Waals surface area contributed by atoms with Crippen LogP contribution in [-0.4, -0.2) is 36.7 Å². The van der Waals surface area contributed by atoms with Gasteiger partial charge in [-0.3, -0.25) is 9.59 Å². The van der Waals surface area contributed by atoms with Crippen LogP contribution in [0.1, 0.15) is 45.1 Å². The summed E-state index contributed by atoms with van der Waals surface area (Å²) >= 11 is 0. The lowest BCUT2D eigenvalue weighted by atomic mass is 9.88. The number of ether oxygens (including phenoxy) is 1. The number of carbonyl (C=O) groups is 4. The molecule has 0 bridgehead atoms. The molecule has 0 aliphatic carbocycles. The Labute approximate surface area is 171 Å². The topological polar surface area (TPSA) is 102 Å². The van der Waals surface area contributed by atoms with E-state index in [1.54, 1.807) is 0 Å². The average molecular weight is 402 g/mol. The molecule has 0 aromatic heterocycles. The zero-order valence-electron chi connectivity index (χ0n) is 17.1. The highest BCUT2D eigenvalue weighted by molar-refractivity contribution is 5.89. The Hall–Kier alpha value is -2.70. The van der Waals surface area contributed by atoms with Gasteiger partial charge in [0.1, 0.15) is 12.9 Å². The molecule has 1 aliphatic heterocycles. The minimum atomic E-state index is -0.724. The first kappa shape index (κ1) is 22.6. The molecule has 1 aliphatic rings. The maximum atomic E-state index is 12.8. The van der Waals surface area contributed by atoms with Crippen molar-refractivity contribution in [3.05, 3.63) is 35.9 Å². The molecule has 2 rings (SSSR count). The second-order valence-corrected chi connectivity index (χ2v) is 7.97. The first-order valence-corrected chi connectivity index (χ1v) is 10.1. The van der Waals surface area contributed by atoms with E-state index in [9.17, 15) is 19.2 Å². The van der Waals surface area contributed by atoms with E-state index in [1.165, 1.54) is 0 Å². The number of ketones is 1. The van der Waals surface area contributed by atoms with Crippen LogP contribution in [0.2, 0.25) is 0 Å². The Bertz CT molecular complexity index is 704. The number of rotatable bonds is 11. The summed E-state index contributed by atoms with van der Waals surface area (Å²) in [6.07, 6.45) is 1.57. The normalized spacial score (nSPS) is 18.0. The number of nitrogens with one attached hydrogen (secondary N) is 2. The molecule has 2 amide bonds. The van der Waals surface area contributed by atoms with E-state index >= 15 is 0 Å². The SMILES string of the molecule is CC(C)C[C@H](NC(=O)OCc1ccccc1)C(=O)C[C@H](C=O)C[C@@H]1CCNC1=O. The van der Waals surface area contributed by atoms with Crippen molar-refractivity contribution >= 4 is 24.1 Å². The number of hydrogen-bond donors (Lipinski definition) is 2. The first-order valence-electron chi connectivity index (χ1n) is 10.1. The fourth-order valence-electron chi connectivity index (χ4n) is 3.47. The maximum Gasteiger partial charge on any atom is 0.408 e. The van der Waals surface area contributed by atoms with Gasteiger partial charge < -0.3 is 20.2 Å². The molecule has 1 saturated heterocycles. The number of carbonyl (C=O) groups excluding carboxylic acids is 4. The predicted molar refractivity (Wildman–Crippen MR) is 108 cm³/mol. The zero-order valence-corrected chi connectivity index (χ0v) is 17.1. The van der Waals surface area contributed by atoms with Crippen molar-refractivity contribution in [1.82, 2.24) is 10.6 Å². The highest BCUT2D eigenvalue weighted by Crippen LogP contribution is 2.22. The summed E-state index contributed by atoms with van der Waals surface area (Å²) in [4.78, 5) is 48.2. The fourth-order valence-corrected chi connectivity index (χ4v) is 3.47. The molecule has 7 heteroatoms. The molecule has 0 unspecified atom stereocenters. The minimum absolute atomic E-state index is 0.00360. The maximum absolute atomic E-state index is 12.8. The van der Waals surface area contributed by atoms with Gasteiger partial charge in [0.15, 0.2) is 5.78 Å². The summed E-state index contributed by atoms with van der Waals surface area (Å²) < 4.78 is 5.22. The number of amides is 2. The third-order valence-electron chi connectivity index (χ3n) is 5.01. The molecule has 0 saturated carbocycles. The molecule has 2 N–H and O–H groups in total. The molecule has 0 spiro atoms. The van der Waals surface area contributed by atoms with Gasteiger partial charge in [-0.25, -0.2) is 4.79 Å². The van der Waals surface area contributed by atoms with Crippen LogP contribution in [0, 0.1) is 17.8 Å². The van der Waals surface area contributed by atoms with Crippen LogP contribution in [0.5, 0.6) is 0 Å². The highest BCUT2D eigenvalue weighted by atomic mass is 16.5. The molecule has 1 fully saturated rings. The molecule has 1 aromatic rings. The zero-order chi connectivity index (χ0) is 21.2. The summed E-state index contributed by atoms with van der Waals surface area (Å²) in [6, 6.07) is 8.55. The third-order valence-corrected chi connectivity index (χ3v) is 5.01. The van der Waals surface area contributed by atoms with Crippen molar-refractivity contribution in [3.8, 4) is 0 Å². The van der Waals surface area contributed by atoms with Gasteiger partial charge in [0.2, 0.25) is 5.91 Å². The number of benzene rings is 1. The molecule has 29 heavy (non-hydrogen) atoms. The third kappa shape index (κ3) is 7.68. The average Bonchev–Trinajstić information content (AvgIpc) is 3.10. The molecule has 0 radical (unpaired) electrons. The van der Waals surface area contributed by atoms with Crippen LogP contribution in [0.4, 0.5) is 4.79 Å². The largest absolute Gasteiger partial charge is 0.445 e. The van der Waals surface area contributed by atoms with Crippen molar-refractivity contribution in [2.75, 3.05) is 6.54 Å². The van der Waals surface area contributed by atoms with Gasteiger partial charge in [-0.05, 0) is 30.7 Å². The van der Waals surface area contributed by atoms with Crippen molar-refractivity contribution in [3.63, 3.8) is 0 Å². The summed E-state index contributed by atoms with van der Waals surface area (Å²) in [7, 11) is 0. The lowest BCUT2D eigenvalue weighted by Crippen LogP contribution is -2.42. The van der Waals surface area contributed by atoms with Gasteiger partial charge in [0.05, 0.1) is 6.04 Å². The minimum Gasteiger partial charge on any atom is -0.445 e. The predicted octanol–water partition coefficient (Wildman–Crippen LogP) is 2.63. The lowest BCUT2D eigenvalue weighted by molar-refractivity contribution is -0.127. The summed E-state index contributed by atoms with van der Waals surface area (Å²) in [5.74, 6) is -0.872. The van der Waals surface area contributed by atoms with Crippen LogP contribution in [0.15, 0.2) is 30.3 Å². The lowest BCUT2D eigenvalue weighted by Gasteiger charge is -2.21. The van der Waals surface area contributed by atoms with Crippen LogP contribution >= 0.6 is 0 Å². The standard InChI is InChI=1S/C22H30N2O5/c1-15(2)10-19(24-22(28)29-14-16-6-4-3-5-7-16)20(26)12-17(13-25)11-18-8-9-23-21(18)27/h3-7,13,15,17-19H,8-12,14H2,1-2H3,(H,23,27)(H,24,28)/t17-,18+,19+/m1/s1. The number of Topliss-reactive ketones (excluding diaryl/α,β-unsaturated/α-hetero) is 1. The second-order valence-electron chi connectivity index (χ2n) is 7.97. The van der Waals surface area contributed by atoms with Crippen molar-refractivity contribution < 1.29 is 23.9 Å². The molecule has 1 heterocycles. The van der Waals surface area contributed by atoms with Crippen LogP contribution in [0.25, 0.3) is 0 Å². The molecule has 158 valence electrons. The fraction of sp³-hybridized carbons (Fsp3) is 0.545. The van der Waals surface area contributed by atoms with E-state index in [-0.39, 0.29) is 36.6 Å². The Kier molecular flexibility index (Phi) is 8.83. The van der Waals surface area contributed by atoms with Gasteiger partial charge in [-0.2, -0.15) is 0 Å². The number of alkyl carbamates (subject to hydrolysis) is 1. The Balaban J connectivity index is 1.90. The molecule has 1 aromatic carbocycles. The van der Waals surface area contributed by atoms with Gasteiger partial charge >= 0.3 is 6.09 Å². The molecular formula is C22H30N2O5. The van der Waals surface area contributed by atoms with E-state index in [1.807, 2.05) is 44.2 Å². The van der Waals surface area contributed by atoms with E-state index < -0.39 is 18.1 Å². The Morgan fingerprint density at radius 1 is 1.28 bits per heavy atom. The monoisotopic (exact) mass is 402 g/mol. The first-order chi connectivity index (χ1) is 13.9. The van der Waals surface area contributed by atoms with E-state index in [0.29, 0.717) is 25.8 Å². The van der Waals surface area contributed by atoms with Crippen molar-refractivity contribution in [1.29, 1.82) is 0 Å². The Morgan fingerprint density at radius 3 is 2.59 bits per heavy atom.